The van der Waals surface area contributed by atoms with Crippen molar-refractivity contribution in [3.63, 3.8) is 0 Å². The normalized spacial score (nSPS) is 12.4. The molecular weight excluding hydrogens is 229 g/mol. The van der Waals surface area contributed by atoms with Crippen LogP contribution in [0.1, 0.15) is 32.3 Å². The third kappa shape index (κ3) is 6.01. The molecule has 0 aliphatic heterocycles. The monoisotopic (exact) mass is 253 g/mol. The van der Waals surface area contributed by atoms with Crippen LogP contribution in [-0.4, -0.2) is 25.9 Å². The molecule has 1 aromatic carbocycles. The number of aryl methyl sites for hydroxylation is 1. The highest BCUT2D eigenvalue weighted by atomic mass is 19.1. The fourth-order valence-electron chi connectivity index (χ4n) is 1.78. The lowest BCUT2D eigenvalue weighted by molar-refractivity contribution is 0.273. The van der Waals surface area contributed by atoms with Crippen molar-refractivity contribution in [3.05, 3.63) is 29.8 Å². The van der Waals surface area contributed by atoms with Gasteiger partial charge in [-0.2, -0.15) is 0 Å². The first-order chi connectivity index (χ1) is 8.76. The molecular formula is C15H24FNO. The molecule has 0 aromatic heterocycles. The van der Waals surface area contributed by atoms with Crippen molar-refractivity contribution in [1.29, 1.82) is 0 Å². The summed E-state index contributed by atoms with van der Waals surface area (Å²) in [5.41, 5.74) is 1.30. The lowest BCUT2D eigenvalue weighted by Gasteiger charge is -2.13. The Balaban J connectivity index is 2.30. The summed E-state index contributed by atoms with van der Waals surface area (Å²) in [5.74, 6) is 0.744. The Kier molecular flexibility index (Phi) is 7.42. The maximum atomic E-state index is 11.9. The van der Waals surface area contributed by atoms with Gasteiger partial charge in [0.1, 0.15) is 19.0 Å². The Morgan fingerprint density at radius 3 is 2.61 bits per heavy atom. The molecule has 0 amide bonds. The second-order valence-electron chi connectivity index (χ2n) is 4.58. The van der Waals surface area contributed by atoms with Crippen LogP contribution >= 0.6 is 0 Å². The van der Waals surface area contributed by atoms with E-state index in [1.54, 1.807) is 0 Å². The second kappa shape index (κ2) is 8.92. The summed E-state index contributed by atoms with van der Waals surface area (Å²) in [6.45, 7) is 5.17. The van der Waals surface area contributed by atoms with Crippen LogP contribution in [0.5, 0.6) is 5.75 Å². The molecule has 0 saturated heterocycles. The summed E-state index contributed by atoms with van der Waals surface area (Å²) in [6, 6.07) is 8.48. The number of nitrogens with one attached hydrogen (secondary N) is 1. The van der Waals surface area contributed by atoms with E-state index in [0.29, 0.717) is 6.04 Å². The number of hydrogen-bond acceptors (Lipinski definition) is 2. The topological polar surface area (TPSA) is 21.3 Å². The highest BCUT2D eigenvalue weighted by Crippen LogP contribution is 2.13. The number of alkyl halides is 1. The van der Waals surface area contributed by atoms with Crippen LogP contribution in [0.25, 0.3) is 0 Å². The second-order valence-corrected chi connectivity index (χ2v) is 4.58. The van der Waals surface area contributed by atoms with E-state index in [-0.39, 0.29) is 6.61 Å². The van der Waals surface area contributed by atoms with Crippen molar-refractivity contribution in [2.45, 2.75) is 39.2 Å². The molecule has 0 saturated carbocycles. The first-order valence-corrected chi connectivity index (χ1v) is 6.77. The molecule has 3 heteroatoms. The predicted octanol–water partition coefficient (Wildman–Crippen LogP) is 3.36. The zero-order valence-electron chi connectivity index (χ0n) is 11.4. The van der Waals surface area contributed by atoms with E-state index in [1.807, 2.05) is 12.1 Å². The molecule has 1 aromatic rings. The number of ether oxygens (including phenoxy) is 1. The van der Waals surface area contributed by atoms with Gasteiger partial charge in [-0.15, -0.1) is 0 Å². The average Bonchev–Trinajstić information content (AvgIpc) is 2.41. The third-order valence-corrected chi connectivity index (χ3v) is 2.88. The minimum atomic E-state index is -0.442. The van der Waals surface area contributed by atoms with Gasteiger partial charge < -0.3 is 10.1 Å². The molecule has 2 nitrogen and oxygen atoms in total. The van der Waals surface area contributed by atoms with Gasteiger partial charge in [0.25, 0.3) is 0 Å². The summed E-state index contributed by atoms with van der Waals surface area (Å²) in [7, 11) is 0. The number of rotatable bonds is 9. The summed E-state index contributed by atoms with van der Waals surface area (Å²) >= 11 is 0. The minimum Gasteiger partial charge on any atom is -0.491 e. The Labute approximate surface area is 110 Å². The van der Waals surface area contributed by atoms with Crippen LogP contribution in [0.15, 0.2) is 24.3 Å². The highest BCUT2D eigenvalue weighted by molar-refractivity contribution is 5.27. The fourth-order valence-corrected chi connectivity index (χ4v) is 1.78. The van der Waals surface area contributed by atoms with E-state index >= 15 is 0 Å². The first kappa shape index (κ1) is 15.0. The SMILES string of the molecule is CCCNC(C)CCc1ccc(OCCF)cc1. The van der Waals surface area contributed by atoms with E-state index in [4.69, 9.17) is 4.74 Å². The van der Waals surface area contributed by atoms with Gasteiger partial charge in [0.05, 0.1) is 0 Å². The lowest BCUT2D eigenvalue weighted by atomic mass is 10.1. The van der Waals surface area contributed by atoms with E-state index in [9.17, 15) is 4.39 Å². The lowest BCUT2D eigenvalue weighted by Crippen LogP contribution is -2.27. The van der Waals surface area contributed by atoms with Crippen molar-refractivity contribution >= 4 is 0 Å². The van der Waals surface area contributed by atoms with E-state index in [0.717, 1.165) is 25.1 Å². The molecule has 1 rings (SSSR count). The molecule has 102 valence electrons. The third-order valence-electron chi connectivity index (χ3n) is 2.88. The highest BCUT2D eigenvalue weighted by Gasteiger charge is 2.01. The maximum Gasteiger partial charge on any atom is 0.123 e. The van der Waals surface area contributed by atoms with E-state index < -0.39 is 6.67 Å². The molecule has 0 heterocycles. The van der Waals surface area contributed by atoms with Gasteiger partial charge >= 0.3 is 0 Å². The van der Waals surface area contributed by atoms with Crippen molar-refractivity contribution in [3.8, 4) is 5.75 Å². The number of hydrogen-bond donors (Lipinski definition) is 1. The summed E-state index contributed by atoms with van der Waals surface area (Å²) < 4.78 is 17.1. The van der Waals surface area contributed by atoms with Crippen LogP contribution < -0.4 is 10.1 Å². The summed E-state index contributed by atoms with van der Waals surface area (Å²) in [4.78, 5) is 0. The Hall–Kier alpha value is -1.09. The Morgan fingerprint density at radius 2 is 2.00 bits per heavy atom. The standard InChI is InChI=1S/C15H24FNO/c1-3-11-17-13(2)4-5-14-6-8-15(9-7-14)18-12-10-16/h6-9,13,17H,3-5,10-12H2,1-2H3. The number of benzene rings is 1. The molecule has 0 aliphatic rings. The molecule has 1 atom stereocenters. The van der Waals surface area contributed by atoms with Crippen molar-refractivity contribution in [2.75, 3.05) is 19.8 Å². The van der Waals surface area contributed by atoms with E-state index in [1.165, 1.54) is 12.0 Å². The Bertz CT molecular complexity index is 313. The molecule has 18 heavy (non-hydrogen) atoms. The van der Waals surface area contributed by atoms with Crippen LogP contribution in [0.2, 0.25) is 0 Å². The quantitative estimate of drug-likeness (QED) is 0.728. The molecule has 0 fully saturated rings. The van der Waals surface area contributed by atoms with Gasteiger partial charge in [-0.05, 0) is 50.4 Å². The predicted molar refractivity (Wildman–Crippen MR) is 74.0 cm³/mol. The summed E-state index contributed by atoms with van der Waals surface area (Å²) in [6.07, 6.45) is 3.36. The largest absolute Gasteiger partial charge is 0.491 e. The number of halogens is 1. The molecule has 0 bridgehead atoms. The van der Waals surface area contributed by atoms with Crippen molar-refractivity contribution < 1.29 is 9.13 Å². The first-order valence-electron chi connectivity index (χ1n) is 6.77. The smallest absolute Gasteiger partial charge is 0.123 e. The van der Waals surface area contributed by atoms with E-state index in [2.05, 4.69) is 31.3 Å². The summed E-state index contributed by atoms with van der Waals surface area (Å²) in [5, 5.41) is 3.48. The molecule has 0 radical (unpaired) electrons. The van der Waals surface area contributed by atoms with Crippen LogP contribution in [0, 0.1) is 0 Å². The van der Waals surface area contributed by atoms with Gasteiger partial charge in [0.2, 0.25) is 0 Å². The molecule has 1 unspecified atom stereocenters. The van der Waals surface area contributed by atoms with Gasteiger partial charge in [-0.25, -0.2) is 4.39 Å². The molecule has 0 spiro atoms. The van der Waals surface area contributed by atoms with Crippen LogP contribution in [0.4, 0.5) is 4.39 Å². The van der Waals surface area contributed by atoms with Gasteiger partial charge in [0, 0.05) is 6.04 Å². The molecule has 0 aliphatic carbocycles. The van der Waals surface area contributed by atoms with Crippen molar-refractivity contribution in [1.82, 2.24) is 5.32 Å². The van der Waals surface area contributed by atoms with Gasteiger partial charge in [0.15, 0.2) is 0 Å². The van der Waals surface area contributed by atoms with Crippen LogP contribution in [-0.2, 0) is 6.42 Å². The Morgan fingerprint density at radius 1 is 1.28 bits per heavy atom. The zero-order valence-corrected chi connectivity index (χ0v) is 11.4. The minimum absolute atomic E-state index is 0.136. The van der Waals surface area contributed by atoms with Crippen molar-refractivity contribution in [2.24, 2.45) is 0 Å². The maximum absolute atomic E-state index is 11.9. The fraction of sp³-hybridized carbons (Fsp3) is 0.600. The van der Waals surface area contributed by atoms with Gasteiger partial charge in [-0.1, -0.05) is 19.1 Å². The van der Waals surface area contributed by atoms with Gasteiger partial charge in [-0.3, -0.25) is 0 Å². The average molecular weight is 253 g/mol. The zero-order chi connectivity index (χ0) is 13.2. The van der Waals surface area contributed by atoms with Crippen LogP contribution in [0.3, 0.4) is 0 Å². The molecule has 1 N–H and O–H groups in total.